The van der Waals surface area contributed by atoms with Crippen molar-refractivity contribution in [3.05, 3.63) is 107 Å². The number of fused-ring (bicyclic) bond motifs is 1. The number of piperazine rings is 1. The van der Waals surface area contributed by atoms with Crippen molar-refractivity contribution in [2.24, 2.45) is 16.6 Å². The van der Waals surface area contributed by atoms with E-state index in [2.05, 4.69) is 58.8 Å². The van der Waals surface area contributed by atoms with Crippen LogP contribution in [0, 0.1) is 12.8 Å². The fraction of sp³-hybridized carbons (Fsp3) is 0.348. The third kappa shape index (κ3) is 9.05. The van der Waals surface area contributed by atoms with E-state index in [9.17, 15) is 24.0 Å². The van der Waals surface area contributed by atoms with E-state index >= 15 is 0 Å². The summed E-state index contributed by atoms with van der Waals surface area (Å²) in [6.45, 7) is 12.7. The van der Waals surface area contributed by atoms with Gasteiger partial charge in [0.15, 0.2) is 0 Å². The van der Waals surface area contributed by atoms with Crippen molar-refractivity contribution in [3.63, 3.8) is 0 Å². The average Bonchev–Trinajstić information content (AvgIpc) is 3.49. The molecule has 3 aromatic carbocycles. The van der Waals surface area contributed by atoms with Crippen molar-refractivity contribution in [2.75, 3.05) is 60.9 Å². The number of hydrogen-bond acceptors (Lipinski definition) is 13. The van der Waals surface area contributed by atoms with Crippen molar-refractivity contribution in [3.8, 4) is 11.3 Å². The van der Waals surface area contributed by atoms with Crippen LogP contribution in [-0.2, 0) is 20.9 Å². The number of aryl methyl sites for hydroxylation is 1. The van der Waals surface area contributed by atoms with Gasteiger partial charge in [-0.1, -0.05) is 12.1 Å². The summed E-state index contributed by atoms with van der Waals surface area (Å²) in [5.41, 5.74) is 13.2. The maximum Gasteiger partial charge on any atom is 0.262 e. The standard InChI is InChI=1S/C46H51N11O5/c1-28(2)49-24-33(22-47)42(59)50-23-32-5-4-31(20-29(32)3)39-14-15-48-46(52-39)51-34-6-8-35(9-7-34)55-18-16-54(17-19-55)25-30-26-56(27-30)36-10-11-37-38(21-36)45(62)57(44(37)61)40-12-13-41(58)53-43(40)60/h4-11,14-15,20-22,24,28,30,40H,12-13,16-19,23,25-27,47H2,1-3H3,(H,50,59)(H,48,51,52)(H,53,58,60). The fourth-order valence-corrected chi connectivity index (χ4v) is 8.31. The highest BCUT2D eigenvalue weighted by Gasteiger charge is 2.45. The highest BCUT2D eigenvalue weighted by Crippen LogP contribution is 2.33. The van der Waals surface area contributed by atoms with Crippen LogP contribution in [0.15, 0.2) is 89.7 Å². The van der Waals surface area contributed by atoms with Gasteiger partial charge in [0.25, 0.3) is 17.7 Å². The third-order valence-electron chi connectivity index (χ3n) is 11.8. The van der Waals surface area contributed by atoms with Gasteiger partial charge < -0.3 is 26.2 Å². The van der Waals surface area contributed by atoms with Crippen LogP contribution in [-0.4, -0.2) is 113 Å². The first-order chi connectivity index (χ1) is 29.9. The molecule has 3 saturated heterocycles. The number of hydrogen-bond donors (Lipinski definition) is 4. The smallest absolute Gasteiger partial charge is 0.262 e. The van der Waals surface area contributed by atoms with E-state index in [1.807, 2.05) is 57.2 Å². The van der Waals surface area contributed by atoms with Gasteiger partial charge in [-0.25, -0.2) is 9.97 Å². The molecule has 16 nitrogen and oxygen atoms in total. The fourth-order valence-electron chi connectivity index (χ4n) is 8.31. The Morgan fingerprint density at radius 1 is 0.919 bits per heavy atom. The van der Waals surface area contributed by atoms with E-state index in [1.54, 1.807) is 18.3 Å². The number of carbonyl (C=O) groups is 5. The zero-order valence-electron chi connectivity index (χ0n) is 35.1. The van der Waals surface area contributed by atoms with Crippen LogP contribution in [0.25, 0.3) is 11.3 Å². The molecule has 5 N–H and O–H groups in total. The highest BCUT2D eigenvalue weighted by atomic mass is 16.2. The largest absolute Gasteiger partial charge is 0.404 e. The maximum absolute atomic E-state index is 13.3. The molecule has 0 aliphatic carbocycles. The Kier molecular flexibility index (Phi) is 12.1. The second-order valence-corrected chi connectivity index (χ2v) is 16.5. The Hall–Kier alpha value is -6.94. The Morgan fingerprint density at radius 3 is 2.37 bits per heavy atom. The maximum atomic E-state index is 13.3. The van der Waals surface area contributed by atoms with Crippen molar-refractivity contribution < 1.29 is 24.0 Å². The Bertz CT molecular complexity index is 2450. The van der Waals surface area contributed by atoms with E-state index in [0.717, 1.165) is 90.2 Å². The number of aliphatic imine (C=N–C) groups is 1. The second-order valence-electron chi connectivity index (χ2n) is 16.5. The third-order valence-corrected chi connectivity index (χ3v) is 11.8. The summed E-state index contributed by atoms with van der Waals surface area (Å²) < 4.78 is 0. The van der Waals surface area contributed by atoms with Gasteiger partial charge in [0, 0.05) is 112 Å². The van der Waals surface area contributed by atoms with Gasteiger partial charge in [-0.05, 0) is 92.9 Å². The van der Waals surface area contributed by atoms with Gasteiger partial charge in [-0.3, -0.25) is 44.1 Å². The molecule has 1 atom stereocenters. The first kappa shape index (κ1) is 41.8. The van der Waals surface area contributed by atoms with Crippen LogP contribution in [0.1, 0.15) is 58.5 Å². The van der Waals surface area contributed by atoms with E-state index < -0.39 is 29.7 Å². The summed E-state index contributed by atoms with van der Waals surface area (Å²) in [6.07, 6.45) is 4.73. The van der Waals surface area contributed by atoms with Gasteiger partial charge in [0.1, 0.15) is 6.04 Å². The van der Waals surface area contributed by atoms with Crippen LogP contribution in [0.5, 0.6) is 0 Å². The molecular weight excluding hydrogens is 787 g/mol. The molecule has 0 saturated carbocycles. The summed E-state index contributed by atoms with van der Waals surface area (Å²) in [5.74, 6) is -1.27. The SMILES string of the molecule is Cc1cc(-c2ccnc(Nc3ccc(N4CCN(CC5CN(c6ccc7c(c6)C(=O)N(C6CCC(=O)NC6=O)C7=O)C5)CC4)cc3)n2)ccc1CNC(=O)C(C=NC(C)C)=CN. The number of carbonyl (C=O) groups excluding carboxylic acids is 5. The van der Waals surface area contributed by atoms with Gasteiger partial charge in [-0.15, -0.1) is 0 Å². The minimum absolute atomic E-state index is 0.0639. The molecule has 16 heteroatoms. The summed E-state index contributed by atoms with van der Waals surface area (Å²) >= 11 is 0. The molecule has 0 bridgehead atoms. The van der Waals surface area contributed by atoms with Gasteiger partial charge in [0.05, 0.1) is 22.4 Å². The minimum atomic E-state index is -0.971. The van der Waals surface area contributed by atoms with E-state index in [4.69, 9.17) is 10.7 Å². The number of benzene rings is 3. The molecule has 4 aliphatic rings. The molecule has 1 unspecified atom stereocenters. The van der Waals surface area contributed by atoms with Crippen LogP contribution in [0.4, 0.5) is 23.0 Å². The minimum Gasteiger partial charge on any atom is -0.404 e. The number of amides is 5. The first-order valence-electron chi connectivity index (χ1n) is 21.0. The summed E-state index contributed by atoms with van der Waals surface area (Å²) in [4.78, 5) is 84.7. The molecule has 8 rings (SSSR count). The lowest BCUT2D eigenvalue weighted by molar-refractivity contribution is -0.136. The monoisotopic (exact) mass is 837 g/mol. The summed E-state index contributed by atoms with van der Waals surface area (Å²) in [5, 5.41) is 8.51. The van der Waals surface area contributed by atoms with Crippen LogP contribution >= 0.6 is 0 Å². The lowest BCUT2D eigenvalue weighted by atomic mass is 9.97. The molecule has 62 heavy (non-hydrogen) atoms. The van der Waals surface area contributed by atoms with Crippen molar-refractivity contribution in [1.29, 1.82) is 0 Å². The average molecular weight is 838 g/mol. The number of nitrogens with zero attached hydrogens (tertiary/aromatic N) is 7. The number of piperidine rings is 1. The molecule has 4 aliphatic heterocycles. The molecule has 5 amide bonds. The van der Waals surface area contributed by atoms with Crippen molar-refractivity contribution >= 4 is 58.8 Å². The predicted molar refractivity (Wildman–Crippen MR) is 237 cm³/mol. The van der Waals surface area contributed by atoms with Gasteiger partial charge >= 0.3 is 0 Å². The molecule has 0 spiro atoms. The number of nitrogens with one attached hydrogen (secondary N) is 3. The van der Waals surface area contributed by atoms with Crippen LogP contribution in [0.2, 0.25) is 0 Å². The first-order valence-corrected chi connectivity index (χ1v) is 21.0. The summed E-state index contributed by atoms with van der Waals surface area (Å²) in [6, 6.07) is 20.6. The molecule has 3 fully saturated rings. The zero-order valence-corrected chi connectivity index (χ0v) is 35.1. The van der Waals surface area contributed by atoms with Crippen LogP contribution < -0.4 is 31.5 Å². The molecular formula is C46H51N11O5. The molecule has 0 radical (unpaired) electrons. The number of rotatable bonds is 13. The molecule has 4 aromatic rings. The molecule has 320 valence electrons. The van der Waals surface area contributed by atoms with Gasteiger partial charge in [-0.2, -0.15) is 0 Å². The topological polar surface area (TPSA) is 199 Å². The highest BCUT2D eigenvalue weighted by molar-refractivity contribution is 6.23. The van der Waals surface area contributed by atoms with E-state index in [1.165, 1.54) is 12.4 Å². The van der Waals surface area contributed by atoms with Crippen molar-refractivity contribution in [1.82, 2.24) is 30.4 Å². The van der Waals surface area contributed by atoms with E-state index in [-0.39, 0.29) is 24.8 Å². The number of imide groups is 2. The lowest BCUT2D eigenvalue weighted by Gasteiger charge is -2.45. The van der Waals surface area contributed by atoms with Crippen LogP contribution in [0.3, 0.4) is 0 Å². The zero-order chi connectivity index (χ0) is 43.5. The van der Waals surface area contributed by atoms with E-state index in [0.29, 0.717) is 35.1 Å². The number of anilines is 4. The molecule has 5 heterocycles. The Labute approximate surface area is 360 Å². The second kappa shape index (κ2) is 18.0. The predicted octanol–water partition coefficient (Wildman–Crippen LogP) is 3.79. The Balaban J connectivity index is 0.786. The lowest BCUT2D eigenvalue weighted by Crippen LogP contribution is -2.55. The summed E-state index contributed by atoms with van der Waals surface area (Å²) in [7, 11) is 0. The number of aromatic nitrogens is 2. The Morgan fingerprint density at radius 2 is 1.66 bits per heavy atom. The normalized spacial score (nSPS) is 18.7. The quantitative estimate of drug-likeness (QED) is 0.0865. The number of nitrogens with two attached hydrogens (primary N) is 1. The van der Waals surface area contributed by atoms with Gasteiger partial charge in [0.2, 0.25) is 17.8 Å². The molecule has 1 aromatic heterocycles. The van der Waals surface area contributed by atoms with Crippen molar-refractivity contribution in [2.45, 2.75) is 52.2 Å².